The van der Waals surface area contributed by atoms with Crippen molar-refractivity contribution in [2.45, 2.75) is 6.92 Å². The standard InChI is InChI=1S/C12H9FO4/c1-2-16-12(15)10-6-17-11(14)8-4-3-7(13)5-9(8)10/h3-6H,2H2,1H3. The number of carbonyl (C=O) groups is 1. The van der Waals surface area contributed by atoms with Gasteiger partial charge in [0.05, 0.1) is 12.0 Å². The van der Waals surface area contributed by atoms with E-state index in [-0.39, 0.29) is 22.9 Å². The van der Waals surface area contributed by atoms with E-state index in [1.807, 2.05) is 0 Å². The van der Waals surface area contributed by atoms with E-state index in [0.29, 0.717) is 0 Å². The molecule has 0 aliphatic carbocycles. The first-order chi connectivity index (χ1) is 8.13. The van der Waals surface area contributed by atoms with E-state index >= 15 is 0 Å². The predicted octanol–water partition coefficient (Wildman–Crippen LogP) is 2.11. The summed E-state index contributed by atoms with van der Waals surface area (Å²) < 4.78 is 22.6. The molecule has 0 saturated heterocycles. The van der Waals surface area contributed by atoms with E-state index in [2.05, 4.69) is 0 Å². The number of ether oxygens (including phenoxy) is 1. The minimum Gasteiger partial charge on any atom is -0.462 e. The largest absolute Gasteiger partial charge is 0.462 e. The fourth-order valence-corrected chi connectivity index (χ4v) is 1.52. The quantitative estimate of drug-likeness (QED) is 0.749. The van der Waals surface area contributed by atoms with Crippen LogP contribution in [-0.4, -0.2) is 12.6 Å². The molecule has 2 aromatic rings. The number of hydrogen-bond acceptors (Lipinski definition) is 4. The van der Waals surface area contributed by atoms with Crippen LogP contribution in [0.15, 0.2) is 33.7 Å². The molecule has 0 bridgehead atoms. The van der Waals surface area contributed by atoms with Gasteiger partial charge in [-0.3, -0.25) is 0 Å². The van der Waals surface area contributed by atoms with Crippen LogP contribution in [0.4, 0.5) is 4.39 Å². The predicted molar refractivity (Wildman–Crippen MR) is 58.4 cm³/mol. The van der Waals surface area contributed by atoms with Gasteiger partial charge in [-0.05, 0) is 25.1 Å². The molecule has 1 aromatic carbocycles. The minimum atomic E-state index is -0.646. The summed E-state index contributed by atoms with van der Waals surface area (Å²) in [5, 5.41) is 0.344. The molecule has 0 N–H and O–H groups in total. The summed E-state index contributed by atoms with van der Waals surface area (Å²) in [7, 11) is 0. The summed E-state index contributed by atoms with van der Waals surface area (Å²) in [6, 6.07) is 3.52. The molecular formula is C12H9FO4. The van der Waals surface area contributed by atoms with Gasteiger partial charge in [0.15, 0.2) is 0 Å². The van der Waals surface area contributed by atoms with E-state index in [1.165, 1.54) is 6.07 Å². The van der Waals surface area contributed by atoms with Gasteiger partial charge in [0.2, 0.25) is 0 Å². The third kappa shape index (κ3) is 2.04. The molecule has 0 fully saturated rings. The third-order valence-electron chi connectivity index (χ3n) is 2.27. The Morgan fingerprint density at radius 1 is 1.41 bits per heavy atom. The third-order valence-corrected chi connectivity index (χ3v) is 2.27. The number of fused-ring (bicyclic) bond motifs is 1. The number of benzene rings is 1. The summed E-state index contributed by atoms with van der Waals surface area (Å²) in [6.45, 7) is 1.84. The van der Waals surface area contributed by atoms with E-state index in [0.717, 1.165) is 18.4 Å². The fourth-order valence-electron chi connectivity index (χ4n) is 1.52. The van der Waals surface area contributed by atoms with Gasteiger partial charge in [-0.25, -0.2) is 14.0 Å². The maximum Gasteiger partial charge on any atom is 0.343 e. The molecule has 5 heteroatoms. The van der Waals surface area contributed by atoms with Gasteiger partial charge in [-0.15, -0.1) is 0 Å². The Bertz CT molecular complexity index is 630. The molecule has 1 heterocycles. The van der Waals surface area contributed by atoms with E-state index in [1.54, 1.807) is 6.92 Å². The normalized spacial score (nSPS) is 10.5. The van der Waals surface area contributed by atoms with Crippen molar-refractivity contribution < 1.29 is 18.3 Å². The Labute approximate surface area is 95.6 Å². The molecule has 0 atom stereocenters. The fraction of sp³-hybridized carbons (Fsp3) is 0.167. The van der Waals surface area contributed by atoms with Crippen molar-refractivity contribution in [3.8, 4) is 0 Å². The van der Waals surface area contributed by atoms with Crippen LogP contribution in [0.3, 0.4) is 0 Å². The first-order valence-corrected chi connectivity index (χ1v) is 5.01. The lowest BCUT2D eigenvalue weighted by atomic mass is 10.1. The van der Waals surface area contributed by atoms with Gasteiger partial charge in [-0.1, -0.05) is 0 Å². The zero-order valence-corrected chi connectivity index (χ0v) is 9.03. The number of carbonyl (C=O) groups excluding carboxylic acids is 1. The lowest BCUT2D eigenvalue weighted by molar-refractivity contribution is 0.0526. The highest BCUT2D eigenvalue weighted by Crippen LogP contribution is 2.17. The van der Waals surface area contributed by atoms with Gasteiger partial charge in [0, 0.05) is 5.39 Å². The molecule has 4 nitrogen and oxygen atoms in total. The number of rotatable bonds is 2. The molecule has 0 unspecified atom stereocenters. The van der Waals surface area contributed by atoms with Crippen LogP contribution in [0.25, 0.3) is 10.8 Å². The Kier molecular flexibility index (Phi) is 2.91. The number of esters is 1. The van der Waals surface area contributed by atoms with Crippen molar-refractivity contribution in [3.05, 3.63) is 46.3 Å². The number of hydrogen-bond donors (Lipinski definition) is 0. The Balaban J connectivity index is 2.72. The molecular weight excluding hydrogens is 227 g/mol. The summed E-state index contributed by atoms with van der Waals surface area (Å²) >= 11 is 0. The Hall–Kier alpha value is -2.17. The number of halogens is 1. The first kappa shape index (κ1) is 11.3. The molecule has 0 amide bonds. The summed E-state index contributed by atoms with van der Waals surface area (Å²) in [5.74, 6) is -1.18. The molecule has 88 valence electrons. The second kappa shape index (κ2) is 4.37. The van der Waals surface area contributed by atoms with Crippen molar-refractivity contribution in [1.29, 1.82) is 0 Å². The molecule has 0 aliphatic rings. The average molecular weight is 236 g/mol. The first-order valence-electron chi connectivity index (χ1n) is 5.01. The maximum absolute atomic E-state index is 13.1. The monoisotopic (exact) mass is 236 g/mol. The second-order valence-corrected chi connectivity index (χ2v) is 3.35. The van der Waals surface area contributed by atoms with Crippen molar-refractivity contribution in [3.63, 3.8) is 0 Å². The van der Waals surface area contributed by atoms with Crippen LogP contribution >= 0.6 is 0 Å². The van der Waals surface area contributed by atoms with Gasteiger partial charge in [0.1, 0.15) is 17.6 Å². The lowest BCUT2D eigenvalue weighted by Crippen LogP contribution is -2.09. The Morgan fingerprint density at radius 3 is 2.88 bits per heavy atom. The van der Waals surface area contributed by atoms with Crippen molar-refractivity contribution >= 4 is 16.7 Å². The minimum absolute atomic E-state index is 0.0425. The highest BCUT2D eigenvalue weighted by molar-refractivity contribution is 6.03. The topological polar surface area (TPSA) is 56.5 Å². The zero-order chi connectivity index (χ0) is 12.4. The van der Waals surface area contributed by atoms with Crippen LogP contribution in [0, 0.1) is 5.82 Å². The molecule has 2 rings (SSSR count). The van der Waals surface area contributed by atoms with Crippen LogP contribution < -0.4 is 5.63 Å². The summed E-state index contributed by atoms with van der Waals surface area (Å²) in [6.07, 6.45) is 0.988. The van der Waals surface area contributed by atoms with Gasteiger partial charge >= 0.3 is 11.6 Å². The highest BCUT2D eigenvalue weighted by atomic mass is 19.1. The average Bonchev–Trinajstić information content (AvgIpc) is 2.29. The molecule has 0 aliphatic heterocycles. The van der Waals surface area contributed by atoms with E-state index in [4.69, 9.17) is 9.15 Å². The lowest BCUT2D eigenvalue weighted by Gasteiger charge is -2.04. The zero-order valence-electron chi connectivity index (χ0n) is 9.03. The van der Waals surface area contributed by atoms with Crippen molar-refractivity contribution in [1.82, 2.24) is 0 Å². The van der Waals surface area contributed by atoms with Gasteiger partial charge in [-0.2, -0.15) is 0 Å². The molecule has 1 aromatic heterocycles. The van der Waals surface area contributed by atoms with Crippen LogP contribution in [0.5, 0.6) is 0 Å². The molecule has 0 spiro atoms. The van der Waals surface area contributed by atoms with E-state index < -0.39 is 17.4 Å². The smallest absolute Gasteiger partial charge is 0.343 e. The van der Waals surface area contributed by atoms with E-state index in [9.17, 15) is 14.0 Å². The van der Waals surface area contributed by atoms with Crippen LogP contribution in [0.2, 0.25) is 0 Å². The summed E-state index contributed by atoms with van der Waals surface area (Å²) in [5.41, 5.74) is -0.575. The Morgan fingerprint density at radius 2 is 2.18 bits per heavy atom. The second-order valence-electron chi connectivity index (χ2n) is 3.35. The van der Waals surface area contributed by atoms with Gasteiger partial charge in [0.25, 0.3) is 0 Å². The highest BCUT2D eigenvalue weighted by Gasteiger charge is 2.14. The summed E-state index contributed by atoms with van der Waals surface area (Å²) in [4.78, 5) is 23.0. The van der Waals surface area contributed by atoms with Crippen LogP contribution in [-0.2, 0) is 4.74 Å². The molecule has 17 heavy (non-hydrogen) atoms. The molecule has 0 saturated carbocycles. The van der Waals surface area contributed by atoms with Crippen molar-refractivity contribution in [2.24, 2.45) is 0 Å². The van der Waals surface area contributed by atoms with Gasteiger partial charge < -0.3 is 9.15 Å². The van der Waals surface area contributed by atoms with Crippen molar-refractivity contribution in [2.75, 3.05) is 6.61 Å². The SMILES string of the molecule is CCOC(=O)c1coc(=O)c2ccc(F)cc12. The molecule has 0 radical (unpaired) electrons. The maximum atomic E-state index is 13.1. The van der Waals surface area contributed by atoms with Crippen LogP contribution in [0.1, 0.15) is 17.3 Å².